The van der Waals surface area contributed by atoms with E-state index in [-0.39, 0.29) is 5.69 Å². The summed E-state index contributed by atoms with van der Waals surface area (Å²) >= 11 is 5.47. The average molecular weight is 363 g/mol. The van der Waals surface area contributed by atoms with Crippen molar-refractivity contribution >= 4 is 34.5 Å². The molecule has 0 radical (unpaired) electrons. The first-order valence-electron chi connectivity index (χ1n) is 6.02. The van der Waals surface area contributed by atoms with Gasteiger partial charge in [-0.3, -0.25) is 20.2 Å². The SMILES string of the molecule is O=[N+]([O-])c1cnc(Nc2ccc(Cl)c(C(F)(F)F)c2)c([N+](=O)[O-])c1. The molecule has 0 atom stereocenters. The van der Waals surface area contributed by atoms with Gasteiger partial charge < -0.3 is 5.32 Å². The van der Waals surface area contributed by atoms with Crippen molar-refractivity contribution in [2.75, 3.05) is 5.32 Å². The van der Waals surface area contributed by atoms with Crippen molar-refractivity contribution in [1.29, 1.82) is 0 Å². The maximum Gasteiger partial charge on any atom is 0.417 e. The first-order chi connectivity index (χ1) is 11.1. The van der Waals surface area contributed by atoms with Crippen LogP contribution in [0.3, 0.4) is 0 Å². The summed E-state index contributed by atoms with van der Waals surface area (Å²) in [5.74, 6) is -0.443. The van der Waals surface area contributed by atoms with Crippen molar-refractivity contribution in [3.05, 3.63) is 61.3 Å². The minimum Gasteiger partial charge on any atom is -0.334 e. The number of halogens is 4. The summed E-state index contributed by atoms with van der Waals surface area (Å²) in [4.78, 5) is 23.3. The van der Waals surface area contributed by atoms with Crippen LogP contribution in [0.1, 0.15) is 5.56 Å². The first-order valence-corrected chi connectivity index (χ1v) is 6.40. The fourth-order valence-electron chi connectivity index (χ4n) is 1.73. The number of anilines is 2. The number of hydrogen-bond donors (Lipinski definition) is 1. The Bertz CT molecular complexity index is 828. The van der Waals surface area contributed by atoms with Crippen LogP contribution in [0.2, 0.25) is 5.02 Å². The highest BCUT2D eigenvalue weighted by molar-refractivity contribution is 6.31. The molecule has 2 rings (SSSR count). The van der Waals surface area contributed by atoms with Crippen molar-refractivity contribution in [2.24, 2.45) is 0 Å². The lowest BCUT2D eigenvalue weighted by molar-refractivity contribution is -0.394. The highest BCUT2D eigenvalue weighted by atomic mass is 35.5. The molecule has 126 valence electrons. The summed E-state index contributed by atoms with van der Waals surface area (Å²) in [6.07, 6.45) is -3.97. The van der Waals surface area contributed by atoms with Crippen LogP contribution in [0.4, 0.5) is 36.1 Å². The number of pyridine rings is 1. The molecule has 1 heterocycles. The molecule has 0 amide bonds. The van der Waals surface area contributed by atoms with Crippen LogP contribution in [0, 0.1) is 20.2 Å². The number of nitro groups is 2. The molecule has 2 aromatic rings. The van der Waals surface area contributed by atoms with E-state index in [2.05, 4.69) is 10.3 Å². The molecule has 1 aromatic carbocycles. The standard InChI is InChI=1S/C12H6ClF3N4O4/c13-9-2-1-6(3-8(9)12(14,15)16)18-11-10(20(23)24)4-7(5-17-11)19(21)22/h1-5H,(H,17,18). The minimum atomic E-state index is -4.72. The molecule has 0 bridgehead atoms. The highest BCUT2D eigenvalue weighted by Crippen LogP contribution is 2.37. The number of alkyl halides is 3. The number of hydrogen-bond acceptors (Lipinski definition) is 6. The average Bonchev–Trinajstić information content (AvgIpc) is 2.48. The Morgan fingerprint density at radius 1 is 1.12 bits per heavy atom. The summed E-state index contributed by atoms with van der Waals surface area (Å²) in [6.45, 7) is 0. The van der Waals surface area contributed by atoms with Gasteiger partial charge in [0.25, 0.3) is 5.69 Å². The van der Waals surface area contributed by atoms with Crippen molar-refractivity contribution in [2.45, 2.75) is 6.18 Å². The Kier molecular flexibility index (Phi) is 4.55. The number of aromatic nitrogens is 1. The molecule has 0 unspecified atom stereocenters. The lowest BCUT2D eigenvalue weighted by Gasteiger charge is -2.12. The normalized spacial score (nSPS) is 11.2. The number of benzene rings is 1. The quantitative estimate of drug-likeness (QED) is 0.640. The van der Waals surface area contributed by atoms with Gasteiger partial charge in [-0.1, -0.05) is 11.6 Å². The van der Waals surface area contributed by atoms with E-state index in [0.29, 0.717) is 12.1 Å². The number of nitrogens with one attached hydrogen (secondary N) is 1. The molecule has 0 aliphatic heterocycles. The highest BCUT2D eigenvalue weighted by Gasteiger charge is 2.33. The monoisotopic (exact) mass is 362 g/mol. The summed E-state index contributed by atoms with van der Waals surface area (Å²) in [5.41, 5.74) is -2.69. The third-order valence-corrected chi connectivity index (χ3v) is 3.12. The topological polar surface area (TPSA) is 111 Å². The van der Waals surface area contributed by atoms with Gasteiger partial charge >= 0.3 is 11.9 Å². The molecule has 1 N–H and O–H groups in total. The van der Waals surface area contributed by atoms with E-state index >= 15 is 0 Å². The Labute approximate surface area is 136 Å². The van der Waals surface area contributed by atoms with Crippen LogP contribution in [-0.2, 0) is 6.18 Å². The summed E-state index contributed by atoms with van der Waals surface area (Å²) in [6, 6.07) is 3.42. The molecule has 0 saturated carbocycles. The molecule has 0 fully saturated rings. The van der Waals surface area contributed by atoms with Crippen molar-refractivity contribution < 1.29 is 23.0 Å². The van der Waals surface area contributed by atoms with Crippen LogP contribution in [0.5, 0.6) is 0 Å². The predicted molar refractivity (Wildman–Crippen MR) is 77.3 cm³/mol. The second-order valence-electron chi connectivity index (χ2n) is 4.39. The number of nitrogens with zero attached hydrogens (tertiary/aromatic N) is 3. The van der Waals surface area contributed by atoms with Crippen LogP contribution in [0.25, 0.3) is 0 Å². The minimum absolute atomic E-state index is 0.170. The summed E-state index contributed by atoms with van der Waals surface area (Å²) < 4.78 is 38.4. The van der Waals surface area contributed by atoms with Gasteiger partial charge in [-0.25, -0.2) is 4.98 Å². The van der Waals surface area contributed by atoms with Crippen LogP contribution < -0.4 is 5.32 Å². The molecule has 1 aromatic heterocycles. The Morgan fingerprint density at radius 2 is 1.79 bits per heavy atom. The van der Waals surface area contributed by atoms with Crippen molar-refractivity contribution in [1.82, 2.24) is 4.98 Å². The molecule has 12 heteroatoms. The molecule has 0 saturated heterocycles. The van der Waals surface area contributed by atoms with Crippen LogP contribution in [-0.4, -0.2) is 14.8 Å². The van der Waals surface area contributed by atoms with Gasteiger partial charge in [0, 0.05) is 5.69 Å². The van der Waals surface area contributed by atoms with Gasteiger partial charge in [0.15, 0.2) is 0 Å². The molecular weight excluding hydrogens is 357 g/mol. The van der Waals surface area contributed by atoms with E-state index in [1.807, 2.05) is 0 Å². The predicted octanol–water partition coefficient (Wildman–Crippen LogP) is 4.31. The molecule has 0 spiro atoms. The zero-order valence-electron chi connectivity index (χ0n) is 11.4. The van der Waals surface area contributed by atoms with E-state index in [0.717, 1.165) is 18.3 Å². The second-order valence-corrected chi connectivity index (χ2v) is 4.80. The van der Waals surface area contributed by atoms with Gasteiger partial charge in [-0.2, -0.15) is 13.2 Å². The zero-order chi connectivity index (χ0) is 18.1. The van der Waals surface area contributed by atoms with Gasteiger partial charge in [0.1, 0.15) is 6.20 Å². The Balaban J connectivity index is 2.45. The third kappa shape index (κ3) is 3.68. The first kappa shape index (κ1) is 17.4. The molecular formula is C12H6ClF3N4O4. The van der Waals surface area contributed by atoms with E-state index in [1.165, 1.54) is 0 Å². The summed E-state index contributed by atoms with van der Waals surface area (Å²) in [7, 11) is 0. The van der Waals surface area contributed by atoms with Gasteiger partial charge in [0.05, 0.1) is 26.5 Å². The fraction of sp³-hybridized carbons (Fsp3) is 0.0833. The van der Waals surface area contributed by atoms with E-state index in [1.54, 1.807) is 0 Å². The maximum atomic E-state index is 12.8. The van der Waals surface area contributed by atoms with E-state index < -0.39 is 43.8 Å². The molecule has 0 aliphatic rings. The zero-order valence-corrected chi connectivity index (χ0v) is 12.1. The largest absolute Gasteiger partial charge is 0.417 e. The van der Waals surface area contributed by atoms with Crippen LogP contribution >= 0.6 is 11.6 Å². The lowest BCUT2D eigenvalue weighted by atomic mass is 10.2. The van der Waals surface area contributed by atoms with Crippen LogP contribution in [0.15, 0.2) is 30.5 Å². The molecule has 8 nitrogen and oxygen atoms in total. The van der Waals surface area contributed by atoms with E-state index in [9.17, 15) is 33.4 Å². The van der Waals surface area contributed by atoms with Gasteiger partial charge in [-0.05, 0) is 18.2 Å². The molecule has 0 aliphatic carbocycles. The van der Waals surface area contributed by atoms with Gasteiger partial charge in [0.2, 0.25) is 5.82 Å². The smallest absolute Gasteiger partial charge is 0.334 e. The second kappa shape index (κ2) is 6.28. The maximum absolute atomic E-state index is 12.8. The van der Waals surface area contributed by atoms with Crippen molar-refractivity contribution in [3.63, 3.8) is 0 Å². The Morgan fingerprint density at radius 3 is 2.33 bits per heavy atom. The number of rotatable bonds is 4. The Hall–Kier alpha value is -2.95. The van der Waals surface area contributed by atoms with E-state index in [4.69, 9.17) is 11.6 Å². The van der Waals surface area contributed by atoms with Gasteiger partial charge in [-0.15, -0.1) is 0 Å². The van der Waals surface area contributed by atoms with Crippen molar-refractivity contribution in [3.8, 4) is 0 Å². The fourth-order valence-corrected chi connectivity index (χ4v) is 1.96. The third-order valence-electron chi connectivity index (χ3n) is 2.80. The molecule has 24 heavy (non-hydrogen) atoms. The lowest BCUT2D eigenvalue weighted by Crippen LogP contribution is -2.07. The summed E-state index contributed by atoms with van der Waals surface area (Å²) in [5, 5.41) is 23.4.